The fourth-order valence-electron chi connectivity index (χ4n) is 9.74. The number of rotatable bonds is 5. The number of ketones is 1. The number of Topliss-reactive ketones (excluding diaryl/α,β-unsaturated/α-hetero) is 1. The molecule has 1 aromatic heterocycles. The Bertz CT molecular complexity index is 1110. The monoisotopic (exact) mass is 496 g/mol. The van der Waals surface area contributed by atoms with E-state index in [1.54, 1.807) is 0 Å². The second-order valence-electron chi connectivity index (χ2n) is 12.9. The van der Waals surface area contributed by atoms with E-state index in [4.69, 9.17) is 16.3 Å². The molecule has 35 heavy (non-hydrogen) atoms. The largest absolute Gasteiger partial charge is 0.384 e. The fraction of sp³-hybridized carbons (Fsp3) is 0.733. The minimum atomic E-state index is 0.136. The van der Waals surface area contributed by atoms with Crippen LogP contribution in [0.15, 0.2) is 24.4 Å². The van der Waals surface area contributed by atoms with Crippen molar-refractivity contribution in [2.45, 2.75) is 78.2 Å². The summed E-state index contributed by atoms with van der Waals surface area (Å²) in [6, 6.07) is 5.73. The van der Waals surface area contributed by atoms with Crippen molar-refractivity contribution in [3.05, 3.63) is 29.4 Å². The Labute approximate surface area is 215 Å². The second-order valence-corrected chi connectivity index (χ2v) is 13.3. The predicted molar refractivity (Wildman–Crippen MR) is 140 cm³/mol. The number of aromatic nitrogens is 2. The number of fused-ring (bicyclic) bond motifs is 6. The van der Waals surface area contributed by atoms with E-state index in [-0.39, 0.29) is 11.3 Å². The van der Waals surface area contributed by atoms with Crippen LogP contribution in [0.25, 0.3) is 10.9 Å². The summed E-state index contributed by atoms with van der Waals surface area (Å²) in [6.45, 7) is 6.22. The first-order chi connectivity index (χ1) is 16.8. The lowest BCUT2D eigenvalue weighted by Gasteiger charge is -2.61. The Hall–Kier alpha value is -1.39. The molecule has 1 heterocycles. The SMILES string of the molecule is COCC12CCC(C)CC1CCC1C3CCC(C(=O)Cn4cc5cc(Cl)ccc5n4)C3(C)CCC12. The number of hydrogen-bond acceptors (Lipinski definition) is 3. The summed E-state index contributed by atoms with van der Waals surface area (Å²) in [7, 11) is 1.91. The van der Waals surface area contributed by atoms with E-state index in [0.717, 1.165) is 47.6 Å². The third-order valence-corrected chi connectivity index (χ3v) is 11.5. The average molecular weight is 497 g/mol. The van der Waals surface area contributed by atoms with Crippen molar-refractivity contribution in [1.29, 1.82) is 0 Å². The molecule has 1 aromatic carbocycles. The molecule has 4 nitrogen and oxygen atoms in total. The molecule has 4 fully saturated rings. The molecule has 190 valence electrons. The molecule has 4 aliphatic rings. The molecule has 0 saturated heterocycles. The van der Waals surface area contributed by atoms with Gasteiger partial charge in [0, 0.05) is 29.6 Å². The Kier molecular flexibility index (Phi) is 6.08. The van der Waals surface area contributed by atoms with E-state index in [1.165, 1.54) is 51.4 Å². The van der Waals surface area contributed by atoms with Gasteiger partial charge in [0.2, 0.25) is 0 Å². The summed E-state index contributed by atoms with van der Waals surface area (Å²) in [5.41, 5.74) is 1.42. The van der Waals surface area contributed by atoms with Crippen LogP contribution in [0.5, 0.6) is 0 Å². The lowest BCUT2D eigenvalue weighted by atomic mass is 9.44. The molecular formula is C30H41ClN2O2. The number of benzene rings is 1. The first kappa shape index (κ1) is 24.0. The van der Waals surface area contributed by atoms with Crippen LogP contribution < -0.4 is 0 Å². The molecule has 0 amide bonds. The van der Waals surface area contributed by atoms with Gasteiger partial charge in [0.15, 0.2) is 5.78 Å². The van der Waals surface area contributed by atoms with Crippen LogP contribution in [0.2, 0.25) is 5.02 Å². The zero-order chi connectivity index (χ0) is 24.4. The highest BCUT2D eigenvalue weighted by Crippen LogP contribution is 2.68. The van der Waals surface area contributed by atoms with E-state index >= 15 is 0 Å². The van der Waals surface area contributed by atoms with Crippen molar-refractivity contribution in [3.63, 3.8) is 0 Å². The van der Waals surface area contributed by atoms with Crippen LogP contribution in [-0.4, -0.2) is 29.3 Å². The standard InChI is InChI=1S/C30H41ClN2O2/c1-19-10-13-30(18-35-3)21(14-19)4-6-23-24-7-8-26(29(24,2)12-11-25(23)30)28(34)17-33-16-20-15-22(31)5-9-27(20)32-33/h5,9,15-16,19,21,23-26H,4,6-8,10-14,17-18H2,1-3H3. The normalized spacial score (nSPS) is 40.8. The van der Waals surface area contributed by atoms with Gasteiger partial charge in [-0.25, -0.2) is 0 Å². The summed E-state index contributed by atoms with van der Waals surface area (Å²) >= 11 is 6.16. The Morgan fingerprint density at radius 1 is 1.14 bits per heavy atom. The minimum Gasteiger partial charge on any atom is -0.384 e. The summed E-state index contributed by atoms with van der Waals surface area (Å²) in [5, 5.41) is 6.37. The van der Waals surface area contributed by atoms with Gasteiger partial charge >= 0.3 is 0 Å². The molecule has 0 aliphatic heterocycles. The minimum absolute atomic E-state index is 0.136. The third kappa shape index (κ3) is 3.81. The van der Waals surface area contributed by atoms with E-state index in [9.17, 15) is 4.79 Å². The van der Waals surface area contributed by atoms with Gasteiger partial charge in [0.1, 0.15) is 0 Å². The van der Waals surface area contributed by atoms with E-state index in [1.807, 2.05) is 36.2 Å². The van der Waals surface area contributed by atoms with Crippen molar-refractivity contribution < 1.29 is 9.53 Å². The van der Waals surface area contributed by atoms with Crippen LogP contribution in [0.4, 0.5) is 0 Å². The first-order valence-electron chi connectivity index (χ1n) is 14.0. The number of methoxy groups -OCH3 is 1. The molecule has 8 unspecified atom stereocenters. The summed E-state index contributed by atoms with van der Waals surface area (Å²) in [5.74, 6) is 4.45. The molecule has 4 saturated carbocycles. The number of halogens is 1. The number of hydrogen-bond donors (Lipinski definition) is 0. The molecule has 4 aliphatic carbocycles. The maximum Gasteiger partial charge on any atom is 0.157 e. The van der Waals surface area contributed by atoms with Gasteiger partial charge in [0.25, 0.3) is 0 Å². The topological polar surface area (TPSA) is 44.1 Å². The van der Waals surface area contributed by atoms with Gasteiger partial charge in [0.05, 0.1) is 18.7 Å². The quantitative estimate of drug-likeness (QED) is 0.440. The zero-order valence-electron chi connectivity index (χ0n) is 21.6. The Balaban J connectivity index is 1.22. The number of ether oxygens (including phenoxy) is 1. The lowest BCUT2D eigenvalue weighted by Crippen LogP contribution is -2.56. The molecule has 0 bridgehead atoms. The molecule has 0 radical (unpaired) electrons. The highest BCUT2D eigenvalue weighted by Gasteiger charge is 2.62. The number of nitrogens with zero attached hydrogens (tertiary/aromatic N) is 2. The van der Waals surface area contributed by atoms with Crippen molar-refractivity contribution in [2.75, 3.05) is 13.7 Å². The Morgan fingerprint density at radius 3 is 2.83 bits per heavy atom. The van der Waals surface area contributed by atoms with Gasteiger partial charge in [-0.2, -0.15) is 5.10 Å². The van der Waals surface area contributed by atoms with Crippen LogP contribution in [0, 0.1) is 46.3 Å². The molecule has 8 atom stereocenters. The van der Waals surface area contributed by atoms with E-state index in [2.05, 4.69) is 18.9 Å². The van der Waals surface area contributed by atoms with Gasteiger partial charge in [-0.15, -0.1) is 0 Å². The lowest BCUT2D eigenvalue weighted by molar-refractivity contribution is -0.154. The second kappa shape index (κ2) is 8.87. The maximum atomic E-state index is 13.7. The summed E-state index contributed by atoms with van der Waals surface area (Å²) in [6.07, 6.45) is 13.5. The van der Waals surface area contributed by atoms with Crippen molar-refractivity contribution >= 4 is 28.3 Å². The van der Waals surface area contributed by atoms with Crippen LogP contribution in [0.3, 0.4) is 0 Å². The third-order valence-electron chi connectivity index (χ3n) is 11.3. The number of carbonyl (C=O) groups excluding carboxylic acids is 1. The maximum absolute atomic E-state index is 13.7. The first-order valence-corrected chi connectivity index (χ1v) is 14.4. The van der Waals surface area contributed by atoms with E-state index < -0.39 is 0 Å². The van der Waals surface area contributed by atoms with Crippen LogP contribution >= 0.6 is 11.6 Å². The Morgan fingerprint density at radius 2 is 2.00 bits per heavy atom. The fourth-order valence-corrected chi connectivity index (χ4v) is 9.92. The zero-order valence-corrected chi connectivity index (χ0v) is 22.4. The van der Waals surface area contributed by atoms with Crippen molar-refractivity contribution in [2.24, 2.45) is 46.3 Å². The molecule has 6 rings (SSSR count). The molecule has 5 heteroatoms. The van der Waals surface area contributed by atoms with Crippen molar-refractivity contribution in [1.82, 2.24) is 9.78 Å². The predicted octanol–water partition coefficient (Wildman–Crippen LogP) is 7.18. The summed E-state index contributed by atoms with van der Waals surface area (Å²) in [4.78, 5) is 13.7. The van der Waals surface area contributed by atoms with Crippen LogP contribution in [0.1, 0.15) is 71.6 Å². The highest BCUT2D eigenvalue weighted by atomic mass is 35.5. The molecule has 0 N–H and O–H groups in total. The highest BCUT2D eigenvalue weighted by molar-refractivity contribution is 6.31. The molecule has 0 spiro atoms. The average Bonchev–Trinajstić information content (AvgIpc) is 3.38. The summed E-state index contributed by atoms with van der Waals surface area (Å²) < 4.78 is 7.79. The van der Waals surface area contributed by atoms with Crippen molar-refractivity contribution in [3.8, 4) is 0 Å². The van der Waals surface area contributed by atoms with E-state index in [0.29, 0.717) is 28.7 Å². The molecule has 2 aromatic rings. The molecular weight excluding hydrogens is 456 g/mol. The van der Waals surface area contributed by atoms with Crippen LogP contribution in [-0.2, 0) is 16.1 Å². The van der Waals surface area contributed by atoms with Gasteiger partial charge in [-0.1, -0.05) is 31.9 Å². The van der Waals surface area contributed by atoms with Gasteiger partial charge in [-0.3, -0.25) is 9.48 Å². The van der Waals surface area contributed by atoms with Gasteiger partial charge < -0.3 is 4.74 Å². The number of carbonyl (C=O) groups is 1. The smallest absolute Gasteiger partial charge is 0.157 e. The van der Waals surface area contributed by atoms with Gasteiger partial charge in [-0.05, 0) is 110 Å².